The van der Waals surface area contributed by atoms with Crippen LogP contribution in [0.1, 0.15) is 37.2 Å². The van der Waals surface area contributed by atoms with Crippen LogP contribution < -0.4 is 15.4 Å². The maximum absolute atomic E-state index is 13.5. The summed E-state index contributed by atoms with van der Waals surface area (Å²) < 4.78 is 37.7. The van der Waals surface area contributed by atoms with Crippen molar-refractivity contribution in [2.24, 2.45) is 0 Å². The zero-order chi connectivity index (χ0) is 16.4. The molecule has 1 aromatic rings. The highest BCUT2D eigenvalue weighted by molar-refractivity contribution is 5.68. The molecule has 0 aromatic heterocycles. The molecule has 0 spiro atoms. The number of hydrogen-bond donors (Lipinski definition) is 1. The molecule has 0 atom stereocenters. The van der Waals surface area contributed by atoms with Crippen LogP contribution in [-0.2, 0) is 4.74 Å². The van der Waals surface area contributed by atoms with Gasteiger partial charge < -0.3 is 20.1 Å². The first kappa shape index (κ1) is 16.3. The fourth-order valence-corrected chi connectivity index (χ4v) is 3.46. The lowest BCUT2D eigenvalue weighted by Crippen LogP contribution is -2.40. The number of rotatable bonds is 3. The molecule has 0 aliphatic carbocycles. The van der Waals surface area contributed by atoms with Crippen molar-refractivity contribution in [1.82, 2.24) is 0 Å². The monoisotopic (exact) mass is 326 g/mol. The van der Waals surface area contributed by atoms with Crippen molar-refractivity contribution in [3.05, 3.63) is 17.7 Å². The number of ether oxygens (including phenoxy) is 2. The maximum Gasteiger partial charge on any atom is 0.251 e. The zero-order valence-electron chi connectivity index (χ0n) is 13.5. The molecule has 23 heavy (non-hydrogen) atoms. The summed E-state index contributed by atoms with van der Waals surface area (Å²) in [6.45, 7) is 2.18. The van der Waals surface area contributed by atoms with Crippen LogP contribution in [0.4, 0.5) is 20.2 Å². The Morgan fingerprint density at radius 3 is 2.48 bits per heavy atom. The van der Waals surface area contributed by atoms with E-state index in [2.05, 4.69) is 0 Å². The maximum atomic E-state index is 13.5. The molecule has 1 aromatic carbocycles. The van der Waals surface area contributed by atoms with E-state index in [9.17, 15) is 8.78 Å². The summed E-state index contributed by atoms with van der Waals surface area (Å²) in [6, 6.07) is 3.86. The second kappa shape index (κ2) is 6.51. The number of benzene rings is 1. The van der Waals surface area contributed by atoms with Gasteiger partial charge in [-0.3, -0.25) is 0 Å². The van der Waals surface area contributed by atoms with Gasteiger partial charge in [0, 0.05) is 50.9 Å². The number of piperidine rings is 1. The highest BCUT2D eigenvalue weighted by atomic mass is 19.3. The molecule has 2 saturated heterocycles. The summed E-state index contributed by atoms with van der Waals surface area (Å²) in [6.07, 6.45) is 1.66. The third kappa shape index (κ3) is 3.52. The number of halogens is 2. The van der Waals surface area contributed by atoms with Gasteiger partial charge in [0.15, 0.2) is 0 Å². The number of methoxy groups -OCH3 is 1. The normalized spacial score (nSPS) is 22.1. The highest BCUT2D eigenvalue weighted by Gasteiger charge is 2.35. The van der Waals surface area contributed by atoms with Crippen molar-refractivity contribution >= 4 is 11.4 Å². The third-order valence-corrected chi connectivity index (χ3v) is 4.88. The van der Waals surface area contributed by atoms with Gasteiger partial charge in [0.25, 0.3) is 5.92 Å². The molecule has 2 fully saturated rings. The molecule has 6 heteroatoms. The minimum absolute atomic E-state index is 0.104. The van der Waals surface area contributed by atoms with Crippen molar-refractivity contribution in [2.45, 2.75) is 37.5 Å². The van der Waals surface area contributed by atoms with Crippen LogP contribution in [0.2, 0.25) is 0 Å². The Labute approximate surface area is 135 Å². The molecular formula is C17H24F2N2O2. The summed E-state index contributed by atoms with van der Waals surface area (Å²) in [7, 11) is 1.58. The Bertz CT molecular complexity index is 550. The largest absolute Gasteiger partial charge is 0.495 e. The van der Waals surface area contributed by atoms with Crippen LogP contribution in [0, 0.1) is 0 Å². The second-order valence-electron chi connectivity index (χ2n) is 6.38. The van der Waals surface area contributed by atoms with Gasteiger partial charge in [0.05, 0.1) is 12.8 Å². The van der Waals surface area contributed by atoms with E-state index in [0.717, 1.165) is 37.3 Å². The highest BCUT2D eigenvalue weighted by Crippen LogP contribution is 2.41. The van der Waals surface area contributed by atoms with Crippen LogP contribution in [-0.4, -0.2) is 39.3 Å². The van der Waals surface area contributed by atoms with Gasteiger partial charge in [0.2, 0.25) is 0 Å². The average molecular weight is 326 g/mol. The smallest absolute Gasteiger partial charge is 0.251 e. The van der Waals surface area contributed by atoms with Gasteiger partial charge in [-0.2, -0.15) is 0 Å². The van der Waals surface area contributed by atoms with E-state index in [1.54, 1.807) is 7.11 Å². The molecule has 2 aliphatic rings. The molecule has 0 saturated carbocycles. The Kier molecular flexibility index (Phi) is 4.62. The molecule has 3 rings (SSSR count). The van der Waals surface area contributed by atoms with Crippen molar-refractivity contribution < 1.29 is 18.3 Å². The Morgan fingerprint density at radius 2 is 1.87 bits per heavy atom. The molecule has 0 amide bonds. The topological polar surface area (TPSA) is 47.7 Å². The number of alkyl halides is 2. The molecule has 2 N–H and O–H groups in total. The van der Waals surface area contributed by atoms with Crippen LogP contribution in [0.15, 0.2) is 12.1 Å². The quantitative estimate of drug-likeness (QED) is 0.865. The Balaban J connectivity index is 1.92. The van der Waals surface area contributed by atoms with Gasteiger partial charge in [-0.05, 0) is 30.4 Å². The van der Waals surface area contributed by atoms with Crippen LogP contribution in [0.5, 0.6) is 5.75 Å². The number of nitrogen functional groups attached to an aromatic ring is 1. The predicted molar refractivity (Wildman–Crippen MR) is 86.6 cm³/mol. The molecular weight excluding hydrogens is 302 g/mol. The van der Waals surface area contributed by atoms with E-state index >= 15 is 0 Å². The molecule has 2 heterocycles. The first-order valence-electron chi connectivity index (χ1n) is 8.18. The SMILES string of the molecule is COc1cc(N2CCC(F)(F)CC2)c(C2CCOCC2)cc1N. The summed E-state index contributed by atoms with van der Waals surface area (Å²) >= 11 is 0. The summed E-state index contributed by atoms with van der Waals surface area (Å²) in [5, 5.41) is 0. The number of hydrogen-bond acceptors (Lipinski definition) is 4. The van der Waals surface area contributed by atoms with Gasteiger partial charge >= 0.3 is 0 Å². The molecule has 2 aliphatic heterocycles. The fourth-order valence-electron chi connectivity index (χ4n) is 3.46. The molecule has 0 unspecified atom stereocenters. The lowest BCUT2D eigenvalue weighted by Gasteiger charge is -2.36. The lowest BCUT2D eigenvalue weighted by molar-refractivity contribution is -0.0220. The first-order valence-corrected chi connectivity index (χ1v) is 8.18. The van der Waals surface area contributed by atoms with Crippen molar-refractivity contribution in [1.29, 1.82) is 0 Å². The van der Waals surface area contributed by atoms with Crippen LogP contribution in [0.25, 0.3) is 0 Å². The summed E-state index contributed by atoms with van der Waals surface area (Å²) in [4.78, 5) is 2.05. The first-order chi connectivity index (χ1) is 11.0. The van der Waals surface area contributed by atoms with E-state index in [4.69, 9.17) is 15.2 Å². The predicted octanol–water partition coefficient (Wildman–Crippen LogP) is 3.41. The lowest BCUT2D eigenvalue weighted by atomic mass is 9.89. The van der Waals surface area contributed by atoms with Crippen LogP contribution >= 0.6 is 0 Å². The van der Waals surface area contributed by atoms with E-state index in [1.807, 2.05) is 17.0 Å². The van der Waals surface area contributed by atoms with Gasteiger partial charge in [-0.25, -0.2) is 8.78 Å². The number of anilines is 2. The Hall–Kier alpha value is -1.56. The molecule has 0 radical (unpaired) electrons. The zero-order valence-corrected chi connectivity index (χ0v) is 13.5. The molecule has 0 bridgehead atoms. The van der Waals surface area contributed by atoms with Crippen molar-refractivity contribution in [2.75, 3.05) is 44.0 Å². The van der Waals surface area contributed by atoms with E-state index in [0.29, 0.717) is 30.4 Å². The number of nitrogens with two attached hydrogens (primary N) is 1. The van der Waals surface area contributed by atoms with Gasteiger partial charge in [0.1, 0.15) is 5.75 Å². The van der Waals surface area contributed by atoms with Gasteiger partial charge in [-0.15, -0.1) is 0 Å². The second-order valence-corrected chi connectivity index (χ2v) is 6.38. The average Bonchev–Trinajstić information content (AvgIpc) is 2.56. The Morgan fingerprint density at radius 1 is 1.22 bits per heavy atom. The minimum Gasteiger partial charge on any atom is -0.495 e. The number of nitrogens with zero attached hydrogens (tertiary/aromatic N) is 1. The fraction of sp³-hybridized carbons (Fsp3) is 0.647. The summed E-state index contributed by atoms with van der Waals surface area (Å²) in [5.74, 6) is -1.59. The van der Waals surface area contributed by atoms with Crippen LogP contribution in [0.3, 0.4) is 0 Å². The van der Waals surface area contributed by atoms with Crippen molar-refractivity contribution in [3.63, 3.8) is 0 Å². The minimum atomic E-state index is -2.55. The summed E-state index contributed by atoms with van der Waals surface area (Å²) in [5.41, 5.74) is 8.80. The van der Waals surface area contributed by atoms with E-state index in [1.165, 1.54) is 0 Å². The van der Waals surface area contributed by atoms with E-state index in [-0.39, 0.29) is 12.8 Å². The molecule has 4 nitrogen and oxygen atoms in total. The van der Waals surface area contributed by atoms with E-state index < -0.39 is 5.92 Å². The van der Waals surface area contributed by atoms with Gasteiger partial charge in [-0.1, -0.05) is 0 Å². The standard InChI is InChI=1S/C17H24F2N2O2/c1-22-16-11-15(21-6-4-17(18,19)5-7-21)13(10-14(16)20)12-2-8-23-9-3-12/h10-12H,2-9,20H2,1H3. The van der Waals surface area contributed by atoms with Crippen molar-refractivity contribution in [3.8, 4) is 5.75 Å². The third-order valence-electron chi connectivity index (χ3n) is 4.88. The molecule has 128 valence electrons.